The number of ether oxygens (including phenoxy) is 1. The summed E-state index contributed by atoms with van der Waals surface area (Å²) in [5, 5.41) is 19.6. The van der Waals surface area contributed by atoms with Crippen molar-refractivity contribution in [2.75, 3.05) is 24.6 Å². The molecule has 1 fully saturated rings. The predicted octanol–water partition coefficient (Wildman–Crippen LogP) is -0.750. The molecule has 0 amide bonds. The first-order chi connectivity index (χ1) is 11.1. The Hall–Kier alpha value is -1.81. The van der Waals surface area contributed by atoms with Gasteiger partial charge in [-0.1, -0.05) is 0 Å². The van der Waals surface area contributed by atoms with Gasteiger partial charge in [0.1, 0.15) is 18.5 Å². The quantitative estimate of drug-likeness (QED) is 0.657. The smallest absolute Gasteiger partial charge is 0.167 e. The standard InChI is InChI=1S/C14H22N6O3/c1-3-19(4-2)12-10-13(17-6-16-12)20(7-18-10)14-11(22)9(15)8(5-21)23-14/h6-9,11,14,21-22H,3-5,15H2,1-2H3. The fourth-order valence-electron chi connectivity index (χ4n) is 2.94. The minimum Gasteiger partial charge on any atom is -0.394 e. The maximum atomic E-state index is 10.3. The van der Waals surface area contributed by atoms with Gasteiger partial charge in [0.05, 0.1) is 19.0 Å². The number of nitrogens with zero attached hydrogens (tertiary/aromatic N) is 5. The highest BCUT2D eigenvalue weighted by molar-refractivity contribution is 5.83. The minimum atomic E-state index is -0.948. The van der Waals surface area contributed by atoms with E-state index in [-0.39, 0.29) is 6.61 Å². The molecular weight excluding hydrogens is 300 g/mol. The topological polar surface area (TPSA) is 123 Å². The van der Waals surface area contributed by atoms with E-state index >= 15 is 0 Å². The monoisotopic (exact) mass is 322 g/mol. The molecule has 0 radical (unpaired) electrons. The molecule has 126 valence electrons. The Morgan fingerprint density at radius 3 is 2.65 bits per heavy atom. The summed E-state index contributed by atoms with van der Waals surface area (Å²) in [6, 6.07) is -0.661. The van der Waals surface area contributed by atoms with Crippen LogP contribution in [0.4, 0.5) is 5.82 Å². The first-order valence-corrected chi connectivity index (χ1v) is 7.74. The molecule has 4 unspecified atom stereocenters. The number of aliphatic hydroxyl groups excluding tert-OH is 2. The summed E-state index contributed by atoms with van der Waals surface area (Å²) in [6.45, 7) is 5.44. The second-order valence-electron chi connectivity index (χ2n) is 5.51. The van der Waals surface area contributed by atoms with Crippen molar-refractivity contribution in [3.05, 3.63) is 12.7 Å². The zero-order chi connectivity index (χ0) is 16.6. The van der Waals surface area contributed by atoms with Gasteiger partial charge in [0.2, 0.25) is 0 Å². The van der Waals surface area contributed by atoms with Crippen molar-refractivity contribution in [1.82, 2.24) is 19.5 Å². The van der Waals surface area contributed by atoms with Crippen LogP contribution in [0.1, 0.15) is 20.1 Å². The van der Waals surface area contributed by atoms with Crippen LogP contribution >= 0.6 is 0 Å². The number of fused-ring (bicyclic) bond motifs is 1. The second-order valence-corrected chi connectivity index (χ2v) is 5.51. The first-order valence-electron chi connectivity index (χ1n) is 7.74. The van der Waals surface area contributed by atoms with Gasteiger partial charge >= 0.3 is 0 Å². The van der Waals surface area contributed by atoms with Crippen molar-refractivity contribution in [3.8, 4) is 0 Å². The zero-order valence-corrected chi connectivity index (χ0v) is 13.2. The summed E-state index contributed by atoms with van der Waals surface area (Å²) in [5.74, 6) is 0.745. The largest absolute Gasteiger partial charge is 0.394 e. The molecule has 0 spiro atoms. The number of aromatic nitrogens is 4. The Morgan fingerprint density at radius 2 is 2.04 bits per heavy atom. The molecule has 2 aromatic rings. The van der Waals surface area contributed by atoms with Crippen LogP contribution in [0.3, 0.4) is 0 Å². The molecule has 3 rings (SSSR count). The number of hydrogen-bond acceptors (Lipinski definition) is 8. The molecular formula is C14H22N6O3. The third-order valence-corrected chi connectivity index (χ3v) is 4.29. The maximum absolute atomic E-state index is 10.3. The van der Waals surface area contributed by atoms with Gasteiger partial charge in [0, 0.05) is 13.1 Å². The lowest BCUT2D eigenvalue weighted by atomic mass is 10.1. The highest BCUT2D eigenvalue weighted by Gasteiger charge is 2.42. The van der Waals surface area contributed by atoms with Crippen molar-refractivity contribution in [2.24, 2.45) is 5.73 Å². The second kappa shape index (κ2) is 6.36. The van der Waals surface area contributed by atoms with Crippen molar-refractivity contribution in [3.63, 3.8) is 0 Å². The number of imidazole rings is 1. The Morgan fingerprint density at radius 1 is 1.30 bits per heavy atom. The lowest BCUT2D eigenvalue weighted by Gasteiger charge is -2.20. The van der Waals surface area contributed by atoms with E-state index in [1.165, 1.54) is 6.33 Å². The third-order valence-electron chi connectivity index (χ3n) is 4.29. The van der Waals surface area contributed by atoms with E-state index < -0.39 is 24.5 Å². The predicted molar refractivity (Wildman–Crippen MR) is 83.9 cm³/mol. The lowest BCUT2D eigenvalue weighted by molar-refractivity contribution is -0.0488. The lowest BCUT2D eigenvalue weighted by Crippen LogP contribution is -2.41. The normalized spacial score (nSPS) is 27.7. The van der Waals surface area contributed by atoms with E-state index in [2.05, 4.69) is 19.9 Å². The van der Waals surface area contributed by atoms with Crippen LogP contribution in [0, 0.1) is 0 Å². The number of anilines is 1. The summed E-state index contributed by atoms with van der Waals surface area (Å²) in [5.41, 5.74) is 7.10. The van der Waals surface area contributed by atoms with Crippen LogP contribution in [-0.4, -0.2) is 67.7 Å². The van der Waals surface area contributed by atoms with Crippen LogP contribution in [0.25, 0.3) is 11.2 Å². The fraction of sp³-hybridized carbons (Fsp3) is 0.643. The van der Waals surface area contributed by atoms with Crippen LogP contribution in [0.2, 0.25) is 0 Å². The fourth-order valence-corrected chi connectivity index (χ4v) is 2.94. The molecule has 0 aliphatic carbocycles. The summed E-state index contributed by atoms with van der Waals surface area (Å²) in [7, 11) is 0. The molecule has 9 heteroatoms. The molecule has 4 atom stereocenters. The van der Waals surface area contributed by atoms with E-state index in [4.69, 9.17) is 10.5 Å². The average Bonchev–Trinajstić information content (AvgIpc) is 3.11. The molecule has 2 aromatic heterocycles. The summed E-state index contributed by atoms with van der Waals surface area (Å²) in [6.07, 6.45) is 0.741. The Balaban J connectivity index is 2.02. The van der Waals surface area contributed by atoms with Crippen LogP contribution in [-0.2, 0) is 4.74 Å². The van der Waals surface area contributed by atoms with Crippen LogP contribution in [0.15, 0.2) is 12.7 Å². The van der Waals surface area contributed by atoms with Gasteiger partial charge < -0.3 is 25.6 Å². The maximum Gasteiger partial charge on any atom is 0.167 e. The molecule has 0 saturated carbocycles. The SMILES string of the molecule is CCN(CC)c1ncnc2c1ncn2C1OC(CO)C(N)C1O. The zero-order valence-electron chi connectivity index (χ0n) is 13.2. The van der Waals surface area contributed by atoms with Gasteiger partial charge in [-0.2, -0.15) is 0 Å². The molecule has 1 saturated heterocycles. The van der Waals surface area contributed by atoms with Crippen LogP contribution < -0.4 is 10.6 Å². The van der Waals surface area contributed by atoms with E-state index in [1.54, 1.807) is 10.9 Å². The van der Waals surface area contributed by atoms with E-state index in [9.17, 15) is 10.2 Å². The highest BCUT2D eigenvalue weighted by atomic mass is 16.5. The molecule has 1 aliphatic rings. The van der Waals surface area contributed by atoms with Gasteiger partial charge in [0.25, 0.3) is 0 Å². The molecule has 3 heterocycles. The van der Waals surface area contributed by atoms with Gasteiger partial charge in [-0.3, -0.25) is 4.57 Å². The summed E-state index contributed by atoms with van der Waals surface area (Å²) < 4.78 is 7.31. The number of rotatable bonds is 5. The Kier molecular flexibility index (Phi) is 4.44. The van der Waals surface area contributed by atoms with Gasteiger partial charge in [-0.15, -0.1) is 0 Å². The Bertz CT molecular complexity index is 674. The first kappa shape index (κ1) is 16.1. The number of aliphatic hydroxyl groups is 2. The van der Waals surface area contributed by atoms with Crippen molar-refractivity contribution < 1.29 is 14.9 Å². The highest BCUT2D eigenvalue weighted by Crippen LogP contribution is 2.31. The summed E-state index contributed by atoms with van der Waals surface area (Å²) in [4.78, 5) is 15.1. The Labute approximate surface area is 133 Å². The van der Waals surface area contributed by atoms with Gasteiger partial charge in [-0.25, -0.2) is 15.0 Å². The average molecular weight is 322 g/mol. The van der Waals surface area contributed by atoms with Gasteiger partial charge in [-0.05, 0) is 13.8 Å². The number of hydrogen-bond donors (Lipinski definition) is 3. The molecule has 9 nitrogen and oxygen atoms in total. The van der Waals surface area contributed by atoms with E-state index in [0.29, 0.717) is 11.2 Å². The minimum absolute atomic E-state index is 0.249. The molecule has 1 aliphatic heterocycles. The molecule has 0 aromatic carbocycles. The van der Waals surface area contributed by atoms with E-state index in [0.717, 1.165) is 18.9 Å². The molecule has 0 bridgehead atoms. The van der Waals surface area contributed by atoms with Crippen molar-refractivity contribution in [2.45, 2.75) is 38.3 Å². The molecule has 23 heavy (non-hydrogen) atoms. The van der Waals surface area contributed by atoms with Crippen LogP contribution in [0.5, 0.6) is 0 Å². The van der Waals surface area contributed by atoms with Gasteiger partial charge in [0.15, 0.2) is 23.2 Å². The van der Waals surface area contributed by atoms with E-state index in [1.807, 2.05) is 13.8 Å². The van der Waals surface area contributed by atoms with Crippen molar-refractivity contribution >= 4 is 17.0 Å². The summed E-state index contributed by atoms with van der Waals surface area (Å²) >= 11 is 0. The number of nitrogens with two attached hydrogens (primary N) is 1. The van der Waals surface area contributed by atoms with Crippen molar-refractivity contribution in [1.29, 1.82) is 0 Å². The third kappa shape index (κ3) is 2.55. The molecule has 4 N–H and O–H groups in total.